The van der Waals surface area contributed by atoms with Gasteiger partial charge in [0.1, 0.15) is 0 Å². The van der Waals surface area contributed by atoms with E-state index in [1.165, 1.54) is 12.1 Å². The summed E-state index contributed by atoms with van der Waals surface area (Å²) in [5.74, 6) is -0.406. The molecule has 0 heterocycles. The lowest BCUT2D eigenvalue weighted by Crippen LogP contribution is -2.19. The molecule has 0 aliphatic heterocycles. The van der Waals surface area contributed by atoms with Gasteiger partial charge in [0.05, 0.1) is 4.92 Å². The minimum atomic E-state index is -0.477. The van der Waals surface area contributed by atoms with E-state index in [1.54, 1.807) is 12.1 Å². The Labute approximate surface area is 80.9 Å². The van der Waals surface area contributed by atoms with Crippen LogP contribution in [-0.2, 0) is 11.3 Å². The molecule has 0 unspecified atom stereocenters. The second-order valence-electron chi connectivity index (χ2n) is 2.70. The highest BCUT2D eigenvalue weighted by Gasteiger charge is 2.05. The average molecular weight is 193 g/mol. The van der Waals surface area contributed by atoms with Gasteiger partial charge in [-0.15, -0.1) is 0 Å². The standard InChI is InChI=1S/C9H9N2O3/c1-7(12)10-6-8-3-2-4-9(5-8)11(13)14/h2-5H,1,6H2,(H,10,12). The van der Waals surface area contributed by atoms with Gasteiger partial charge in [-0.05, 0) is 5.56 Å². The summed E-state index contributed by atoms with van der Waals surface area (Å²) in [5.41, 5.74) is 0.692. The number of nitro groups is 1. The second-order valence-corrected chi connectivity index (χ2v) is 2.70. The first-order chi connectivity index (χ1) is 6.59. The van der Waals surface area contributed by atoms with Gasteiger partial charge >= 0.3 is 0 Å². The Balaban J connectivity index is 2.73. The van der Waals surface area contributed by atoms with Crippen molar-refractivity contribution in [3.8, 4) is 0 Å². The number of carbonyl (C=O) groups excluding carboxylic acids is 1. The fourth-order valence-electron chi connectivity index (χ4n) is 0.981. The highest BCUT2D eigenvalue weighted by Crippen LogP contribution is 2.12. The monoisotopic (exact) mass is 193 g/mol. The molecule has 1 amide bonds. The highest BCUT2D eigenvalue weighted by molar-refractivity contribution is 5.79. The molecule has 1 radical (unpaired) electrons. The first-order valence-electron chi connectivity index (χ1n) is 3.92. The second kappa shape index (κ2) is 4.36. The van der Waals surface area contributed by atoms with Crippen molar-refractivity contribution in [2.24, 2.45) is 0 Å². The predicted molar refractivity (Wildman–Crippen MR) is 50.3 cm³/mol. The SMILES string of the molecule is [CH2]C(=O)NCc1cccc([N+](=O)[O-])c1. The summed E-state index contributed by atoms with van der Waals surface area (Å²) in [6, 6.07) is 6.08. The minimum Gasteiger partial charge on any atom is -0.352 e. The summed E-state index contributed by atoms with van der Waals surface area (Å²) in [7, 11) is 0. The molecule has 0 spiro atoms. The molecule has 1 aromatic rings. The normalized spacial score (nSPS) is 9.50. The van der Waals surface area contributed by atoms with E-state index in [9.17, 15) is 14.9 Å². The summed E-state index contributed by atoms with van der Waals surface area (Å²) < 4.78 is 0. The quantitative estimate of drug-likeness (QED) is 0.576. The van der Waals surface area contributed by atoms with Crippen LogP contribution in [0, 0.1) is 17.0 Å². The molecular weight excluding hydrogens is 184 g/mol. The number of amides is 1. The Bertz CT molecular complexity index is 363. The molecule has 1 aromatic carbocycles. The first kappa shape index (κ1) is 10.2. The van der Waals surface area contributed by atoms with Crippen molar-refractivity contribution in [1.82, 2.24) is 5.32 Å². The number of nitrogens with one attached hydrogen (secondary N) is 1. The highest BCUT2D eigenvalue weighted by atomic mass is 16.6. The van der Waals surface area contributed by atoms with Gasteiger partial charge in [-0.25, -0.2) is 0 Å². The molecule has 1 rings (SSSR count). The number of carbonyl (C=O) groups is 1. The Morgan fingerprint density at radius 1 is 1.57 bits per heavy atom. The van der Waals surface area contributed by atoms with E-state index in [2.05, 4.69) is 12.2 Å². The predicted octanol–water partition coefficient (Wildman–Crippen LogP) is 1.05. The lowest BCUT2D eigenvalue weighted by Gasteiger charge is -2.01. The van der Waals surface area contributed by atoms with Crippen LogP contribution in [0.2, 0.25) is 0 Å². The number of non-ortho nitro benzene ring substituents is 1. The van der Waals surface area contributed by atoms with Crippen molar-refractivity contribution in [3.05, 3.63) is 46.9 Å². The Morgan fingerprint density at radius 2 is 2.29 bits per heavy atom. The van der Waals surface area contributed by atoms with Crippen molar-refractivity contribution in [1.29, 1.82) is 0 Å². The van der Waals surface area contributed by atoms with Crippen molar-refractivity contribution >= 4 is 11.6 Å². The van der Waals surface area contributed by atoms with Gasteiger partial charge in [0.2, 0.25) is 5.91 Å². The zero-order chi connectivity index (χ0) is 10.6. The molecule has 0 atom stereocenters. The molecule has 14 heavy (non-hydrogen) atoms. The number of rotatable bonds is 3. The summed E-state index contributed by atoms with van der Waals surface area (Å²) in [6.07, 6.45) is 0. The van der Waals surface area contributed by atoms with Crippen molar-refractivity contribution in [3.63, 3.8) is 0 Å². The van der Waals surface area contributed by atoms with Gasteiger partial charge in [0.25, 0.3) is 5.69 Å². The molecule has 5 heteroatoms. The van der Waals surface area contributed by atoms with Crippen LogP contribution >= 0.6 is 0 Å². The third kappa shape index (κ3) is 2.85. The van der Waals surface area contributed by atoms with Crippen molar-refractivity contribution in [2.45, 2.75) is 6.54 Å². The van der Waals surface area contributed by atoms with Gasteiger partial charge in [0, 0.05) is 25.6 Å². The Morgan fingerprint density at radius 3 is 2.86 bits per heavy atom. The fraction of sp³-hybridized carbons (Fsp3) is 0.111. The molecule has 0 bridgehead atoms. The molecule has 0 saturated carbocycles. The first-order valence-corrected chi connectivity index (χ1v) is 3.92. The Kier molecular flexibility index (Phi) is 3.17. The van der Waals surface area contributed by atoms with E-state index in [0.717, 1.165) is 0 Å². The van der Waals surface area contributed by atoms with E-state index >= 15 is 0 Å². The molecule has 0 fully saturated rings. The molecule has 0 aliphatic carbocycles. The van der Waals surface area contributed by atoms with Crippen molar-refractivity contribution < 1.29 is 9.72 Å². The summed E-state index contributed by atoms with van der Waals surface area (Å²) in [4.78, 5) is 20.4. The third-order valence-corrected chi connectivity index (χ3v) is 1.61. The summed E-state index contributed by atoms with van der Waals surface area (Å²) >= 11 is 0. The van der Waals surface area contributed by atoms with Gasteiger partial charge in [-0.1, -0.05) is 12.1 Å². The number of hydrogen-bond donors (Lipinski definition) is 1. The number of nitrogens with zero attached hydrogens (tertiary/aromatic N) is 1. The number of nitro benzene ring substituents is 1. The Hall–Kier alpha value is -1.91. The van der Waals surface area contributed by atoms with E-state index in [-0.39, 0.29) is 12.2 Å². The largest absolute Gasteiger partial charge is 0.352 e. The van der Waals surface area contributed by atoms with E-state index < -0.39 is 10.8 Å². The van der Waals surface area contributed by atoms with E-state index in [1.807, 2.05) is 0 Å². The molecular formula is C9H9N2O3. The van der Waals surface area contributed by atoms with Crippen LogP contribution in [0.15, 0.2) is 24.3 Å². The molecule has 0 saturated heterocycles. The zero-order valence-corrected chi connectivity index (χ0v) is 7.40. The van der Waals surface area contributed by atoms with E-state index in [4.69, 9.17) is 0 Å². The zero-order valence-electron chi connectivity index (χ0n) is 7.40. The summed E-state index contributed by atoms with van der Waals surface area (Å²) in [6.45, 7) is 3.38. The van der Waals surface area contributed by atoms with Crippen LogP contribution in [0.1, 0.15) is 5.56 Å². The number of benzene rings is 1. The summed E-state index contributed by atoms with van der Waals surface area (Å²) in [5, 5.41) is 12.9. The maximum atomic E-state index is 10.5. The van der Waals surface area contributed by atoms with Gasteiger partial charge in [-0.3, -0.25) is 14.9 Å². The van der Waals surface area contributed by atoms with Gasteiger partial charge < -0.3 is 5.32 Å². The van der Waals surface area contributed by atoms with Gasteiger partial charge in [-0.2, -0.15) is 0 Å². The fourth-order valence-corrected chi connectivity index (χ4v) is 0.981. The molecule has 0 aliphatic rings. The maximum absolute atomic E-state index is 10.5. The van der Waals surface area contributed by atoms with Crippen LogP contribution in [0.5, 0.6) is 0 Å². The lowest BCUT2D eigenvalue weighted by atomic mass is 10.2. The maximum Gasteiger partial charge on any atom is 0.269 e. The third-order valence-electron chi connectivity index (χ3n) is 1.61. The molecule has 0 aromatic heterocycles. The van der Waals surface area contributed by atoms with Crippen LogP contribution in [0.25, 0.3) is 0 Å². The smallest absolute Gasteiger partial charge is 0.269 e. The van der Waals surface area contributed by atoms with Gasteiger partial charge in [0.15, 0.2) is 0 Å². The lowest BCUT2D eigenvalue weighted by molar-refractivity contribution is -0.384. The van der Waals surface area contributed by atoms with Crippen LogP contribution in [0.3, 0.4) is 0 Å². The average Bonchev–Trinajstić information content (AvgIpc) is 2.15. The molecule has 1 N–H and O–H groups in total. The van der Waals surface area contributed by atoms with Crippen LogP contribution in [0.4, 0.5) is 5.69 Å². The minimum absolute atomic E-state index is 0.0146. The molecule has 73 valence electrons. The van der Waals surface area contributed by atoms with E-state index in [0.29, 0.717) is 5.56 Å². The van der Waals surface area contributed by atoms with Crippen LogP contribution < -0.4 is 5.32 Å². The van der Waals surface area contributed by atoms with Crippen LogP contribution in [-0.4, -0.2) is 10.8 Å². The molecule has 5 nitrogen and oxygen atoms in total. The van der Waals surface area contributed by atoms with Crippen molar-refractivity contribution in [2.75, 3.05) is 0 Å². The number of hydrogen-bond acceptors (Lipinski definition) is 3. The topological polar surface area (TPSA) is 72.2 Å².